The fourth-order valence-corrected chi connectivity index (χ4v) is 4.29. The maximum absolute atomic E-state index is 12.9. The third-order valence-electron chi connectivity index (χ3n) is 5.70. The third kappa shape index (κ3) is 2.30. The molecule has 0 amide bonds. The van der Waals surface area contributed by atoms with Gasteiger partial charge in [-0.05, 0) is 38.1 Å². The molecule has 0 saturated heterocycles. The fraction of sp³-hybridized carbons (Fsp3) is 0.318. The zero-order chi connectivity index (χ0) is 21.0. The molecule has 154 valence electrons. The summed E-state index contributed by atoms with van der Waals surface area (Å²) in [5, 5.41) is 4.18. The first-order chi connectivity index (χ1) is 14.5. The predicted octanol–water partition coefficient (Wildman–Crippen LogP) is 3.55. The van der Waals surface area contributed by atoms with Crippen molar-refractivity contribution in [2.75, 3.05) is 37.0 Å². The lowest BCUT2D eigenvalue weighted by Gasteiger charge is -2.34. The van der Waals surface area contributed by atoms with E-state index in [1.165, 1.54) is 0 Å². The molecule has 0 aliphatic carbocycles. The predicted molar refractivity (Wildman–Crippen MR) is 110 cm³/mol. The Morgan fingerprint density at radius 1 is 1.13 bits per heavy atom. The zero-order valence-electron chi connectivity index (χ0n) is 17.3. The van der Waals surface area contributed by atoms with Crippen molar-refractivity contribution in [2.45, 2.75) is 19.4 Å². The van der Waals surface area contributed by atoms with Crippen LogP contribution in [-0.2, 0) is 10.3 Å². The van der Waals surface area contributed by atoms with Crippen molar-refractivity contribution in [1.82, 2.24) is 10.1 Å². The van der Waals surface area contributed by atoms with Gasteiger partial charge in [0.25, 0.3) is 0 Å². The minimum absolute atomic E-state index is 0.203. The number of hydrogen-bond acceptors (Lipinski definition) is 8. The average Bonchev–Trinajstić information content (AvgIpc) is 3.30. The summed E-state index contributed by atoms with van der Waals surface area (Å²) in [6, 6.07) is 9.35. The Bertz CT molecular complexity index is 1150. The summed E-state index contributed by atoms with van der Waals surface area (Å²) in [5.41, 5.74) is 1.91. The summed E-state index contributed by atoms with van der Waals surface area (Å²) in [6.45, 7) is 5.92. The molecule has 30 heavy (non-hydrogen) atoms. The molecule has 0 saturated carbocycles. The quantitative estimate of drug-likeness (QED) is 0.609. The van der Waals surface area contributed by atoms with Gasteiger partial charge in [-0.2, -0.15) is 0 Å². The highest BCUT2D eigenvalue weighted by molar-refractivity contribution is 5.96. The molecule has 8 nitrogen and oxygen atoms in total. The first-order valence-corrected chi connectivity index (χ1v) is 9.94. The van der Waals surface area contributed by atoms with Gasteiger partial charge in [0.1, 0.15) is 17.0 Å². The Labute approximate surface area is 174 Å². The molecule has 0 N–H and O–H groups in total. The largest absolute Gasteiger partial charge is 0.438 e. The van der Waals surface area contributed by atoms with E-state index < -0.39 is 11.6 Å². The number of hydrogen-bond donors (Lipinski definition) is 0. The Kier molecular flexibility index (Phi) is 3.99. The van der Waals surface area contributed by atoms with Crippen LogP contribution in [0.2, 0.25) is 0 Å². The van der Waals surface area contributed by atoms with Crippen LogP contribution in [0.5, 0.6) is 11.7 Å². The first kappa shape index (κ1) is 18.5. The number of aromatic nitrogens is 2. The maximum atomic E-state index is 12.9. The summed E-state index contributed by atoms with van der Waals surface area (Å²) in [4.78, 5) is 21.4. The summed E-state index contributed by atoms with van der Waals surface area (Å²) < 4.78 is 17.8. The topological polar surface area (TPSA) is 80.9 Å². The lowest BCUT2D eigenvalue weighted by Crippen LogP contribution is -2.35. The van der Waals surface area contributed by atoms with Gasteiger partial charge in [-0.25, -0.2) is 4.79 Å². The average molecular weight is 406 g/mol. The maximum Gasteiger partial charge on any atom is 0.341 e. The Balaban J connectivity index is 1.81. The van der Waals surface area contributed by atoms with E-state index in [9.17, 15) is 4.79 Å². The molecule has 1 atom stereocenters. The highest BCUT2D eigenvalue weighted by Crippen LogP contribution is 2.58. The third-order valence-corrected chi connectivity index (χ3v) is 5.70. The van der Waals surface area contributed by atoms with E-state index in [4.69, 9.17) is 14.0 Å². The first-order valence-electron chi connectivity index (χ1n) is 9.94. The second-order valence-corrected chi connectivity index (χ2v) is 7.49. The summed E-state index contributed by atoms with van der Waals surface area (Å²) in [6.07, 6.45) is 1.66. The Morgan fingerprint density at radius 3 is 2.67 bits per heavy atom. The number of nitrogens with zero attached hydrogens (tertiary/aromatic N) is 4. The van der Waals surface area contributed by atoms with Gasteiger partial charge >= 0.3 is 11.9 Å². The smallest absolute Gasteiger partial charge is 0.341 e. The van der Waals surface area contributed by atoms with Crippen molar-refractivity contribution in [2.24, 2.45) is 0 Å². The van der Waals surface area contributed by atoms with Crippen molar-refractivity contribution in [1.29, 1.82) is 0 Å². The van der Waals surface area contributed by atoms with Gasteiger partial charge < -0.3 is 23.8 Å². The van der Waals surface area contributed by atoms with Crippen molar-refractivity contribution >= 4 is 17.5 Å². The van der Waals surface area contributed by atoms with Gasteiger partial charge in [-0.1, -0.05) is 5.16 Å². The Hall–Kier alpha value is -3.55. The van der Waals surface area contributed by atoms with Gasteiger partial charge in [0.15, 0.2) is 5.82 Å². The normalized spacial score (nSPS) is 18.3. The van der Waals surface area contributed by atoms with Crippen LogP contribution in [-0.4, -0.2) is 43.3 Å². The Morgan fingerprint density at radius 2 is 1.93 bits per heavy atom. The van der Waals surface area contributed by atoms with Gasteiger partial charge in [0.2, 0.25) is 5.60 Å². The number of benzene rings is 1. The number of anilines is 2. The van der Waals surface area contributed by atoms with E-state index in [0.717, 1.165) is 18.8 Å². The number of fused-ring (bicyclic) bond motifs is 6. The lowest BCUT2D eigenvalue weighted by molar-refractivity contribution is 0.0207. The van der Waals surface area contributed by atoms with Crippen LogP contribution in [0, 0.1) is 0 Å². The standard InChI is InChI=1S/C22H22N4O4/c1-5-26(6-2)13-9-10-15-16(12-13)28-21-17(19(24-30-21)25(3)4)22(15)18-14(20(27)29-22)8-7-11-23-18/h7-12H,5-6H2,1-4H3. The van der Waals surface area contributed by atoms with E-state index in [2.05, 4.69) is 28.9 Å². The second kappa shape index (κ2) is 6.48. The molecule has 3 aromatic rings. The van der Waals surface area contributed by atoms with Gasteiger partial charge in [0.05, 0.1) is 5.56 Å². The molecule has 2 aliphatic heterocycles. The number of esters is 1. The van der Waals surface area contributed by atoms with Crippen molar-refractivity contribution in [3.63, 3.8) is 0 Å². The molecule has 0 bridgehead atoms. The highest BCUT2D eigenvalue weighted by atomic mass is 16.6. The summed E-state index contributed by atoms with van der Waals surface area (Å²) in [7, 11) is 3.70. The molecule has 0 fully saturated rings. The van der Waals surface area contributed by atoms with Gasteiger partial charge in [-0.3, -0.25) is 4.98 Å². The molecular weight excluding hydrogens is 384 g/mol. The molecule has 2 aliphatic rings. The van der Waals surface area contributed by atoms with Crippen LogP contribution in [0.4, 0.5) is 11.5 Å². The minimum Gasteiger partial charge on any atom is -0.438 e. The minimum atomic E-state index is -1.28. The van der Waals surface area contributed by atoms with E-state index in [1.54, 1.807) is 23.2 Å². The van der Waals surface area contributed by atoms with Crippen LogP contribution in [0.25, 0.3) is 0 Å². The number of pyridine rings is 1. The molecule has 5 rings (SSSR count). The molecule has 0 radical (unpaired) electrons. The molecular formula is C22H22N4O4. The molecule has 1 spiro atoms. The molecule has 1 unspecified atom stereocenters. The van der Waals surface area contributed by atoms with E-state index in [-0.39, 0.29) is 5.95 Å². The monoisotopic (exact) mass is 406 g/mol. The van der Waals surface area contributed by atoms with E-state index in [0.29, 0.717) is 34.0 Å². The second-order valence-electron chi connectivity index (χ2n) is 7.49. The number of rotatable bonds is 4. The van der Waals surface area contributed by atoms with Crippen molar-refractivity contribution in [3.05, 3.63) is 58.9 Å². The number of ether oxygens (including phenoxy) is 2. The van der Waals surface area contributed by atoms with Gasteiger partial charge in [-0.15, -0.1) is 0 Å². The van der Waals surface area contributed by atoms with E-state index >= 15 is 0 Å². The molecule has 1 aromatic carbocycles. The fourth-order valence-electron chi connectivity index (χ4n) is 4.29. The van der Waals surface area contributed by atoms with Crippen LogP contribution >= 0.6 is 0 Å². The molecule has 8 heteroatoms. The van der Waals surface area contributed by atoms with Crippen LogP contribution in [0.3, 0.4) is 0 Å². The lowest BCUT2D eigenvalue weighted by atomic mass is 9.81. The molecule has 4 heterocycles. The van der Waals surface area contributed by atoms with Crippen LogP contribution in [0.1, 0.15) is 41.0 Å². The number of carbonyl (C=O) groups is 1. The number of carbonyl (C=O) groups excluding carboxylic acids is 1. The van der Waals surface area contributed by atoms with Crippen molar-refractivity contribution < 1.29 is 18.8 Å². The van der Waals surface area contributed by atoms with E-state index in [1.807, 2.05) is 32.3 Å². The van der Waals surface area contributed by atoms with Crippen molar-refractivity contribution in [3.8, 4) is 11.7 Å². The zero-order valence-corrected chi connectivity index (χ0v) is 17.3. The SMILES string of the molecule is CCN(CC)c1ccc2c(c1)Oc1onc(N(C)C)c1C21OC(=O)c2cccnc21. The van der Waals surface area contributed by atoms with Crippen LogP contribution in [0.15, 0.2) is 41.1 Å². The summed E-state index contributed by atoms with van der Waals surface area (Å²) in [5.74, 6) is 0.847. The van der Waals surface area contributed by atoms with Gasteiger partial charge in [0, 0.05) is 50.7 Å². The van der Waals surface area contributed by atoms with Crippen LogP contribution < -0.4 is 14.5 Å². The summed E-state index contributed by atoms with van der Waals surface area (Å²) >= 11 is 0. The molecule has 2 aromatic heterocycles. The highest BCUT2D eigenvalue weighted by Gasteiger charge is 2.58.